The summed E-state index contributed by atoms with van der Waals surface area (Å²) in [4.78, 5) is 38.1. The second-order valence-corrected chi connectivity index (χ2v) is 6.31. The fourth-order valence-electron chi connectivity index (χ4n) is 2.72. The maximum Gasteiger partial charge on any atom is 0.417 e. The minimum absolute atomic E-state index is 0.188. The number of hydrogen-bond acceptors (Lipinski definition) is 5. The van der Waals surface area contributed by atoms with Crippen LogP contribution in [0.25, 0.3) is 0 Å². The van der Waals surface area contributed by atoms with E-state index in [2.05, 4.69) is 0 Å². The highest BCUT2D eigenvalue weighted by Gasteiger charge is 2.41. The van der Waals surface area contributed by atoms with E-state index in [4.69, 9.17) is 32.7 Å². The highest BCUT2D eigenvalue weighted by molar-refractivity contribution is 6.35. The molecular formula is C15H14Cl2N2O5. The summed E-state index contributed by atoms with van der Waals surface area (Å²) in [6.07, 6.45) is -0.127. The average Bonchev–Trinajstić information content (AvgIpc) is 3.13. The fraction of sp³-hybridized carbons (Fsp3) is 0.400. The zero-order chi connectivity index (χ0) is 17.3. The van der Waals surface area contributed by atoms with Crippen molar-refractivity contribution in [2.24, 2.45) is 0 Å². The lowest BCUT2D eigenvalue weighted by Crippen LogP contribution is -2.42. The topological polar surface area (TPSA) is 76.2 Å². The number of imide groups is 1. The van der Waals surface area contributed by atoms with Crippen LogP contribution < -0.4 is 4.74 Å². The van der Waals surface area contributed by atoms with Crippen LogP contribution in [0.3, 0.4) is 0 Å². The summed E-state index contributed by atoms with van der Waals surface area (Å²) in [5.41, 5.74) is 0. The number of nitrogens with zero attached hydrogens (tertiary/aromatic N) is 2. The van der Waals surface area contributed by atoms with Gasteiger partial charge in [-0.3, -0.25) is 9.59 Å². The van der Waals surface area contributed by atoms with Crippen molar-refractivity contribution in [3.05, 3.63) is 28.2 Å². The van der Waals surface area contributed by atoms with Crippen molar-refractivity contribution in [1.82, 2.24) is 9.80 Å². The molecule has 0 saturated carbocycles. The van der Waals surface area contributed by atoms with E-state index in [1.165, 1.54) is 6.07 Å². The van der Waals surface area contributed by atoms with Crippen LogP contribution in [-0.4, -0.2) is 60.1 Å². The minimum Gasteiger partial charge on any atom is -0.482 e. The monoisotopic (exact) mass is 372 g/mol. The third-order valence-corrected chi connectivity index (χ3v) is 4.44. The lowest BCUT2D eigenvalue weighted by molar-refractivity contribution is -0.133. The molecule has 7 nitrogen and oxygen atoms in total. The first-order valence-corrected chi connectivity index (χ1v) is 8.05. The molecule has 0 radical (unpaired) electrons. The van der Waals surface area contributed by atoms with E-state index in [0.29, 0.717) is 28.8 Å². The smallest absolute Gasteiger partial charge is 0.417 e. The summed E-state index contributed by atoms with van der Waals surface area (Å²) >= 11 is 11.8. The molecule has 2 heterocycles. The molecule has 2 fully saturated rings. The summed E-state index contributed by atoms with van der Waals surface area (Å²) in [5, 5.41) is 0.795. The Bertz CT molecular complexity index is 680. The van der Waals surface area contributed by atoms with E-state index in [1.54, 1.807) is 17.0 Å². The molecular weight excluding hydrogens is 359 g/mol. The molecule has 0 N–H and O–H groups in total. The Balaban J connectivity index is 1.55. The summed E-state index contributed by atoms with van der Waals surface area (Å²) in [7, 11) is 0. The van der Waals surface area contributed by atoms with Gasteiger partial charge in [0.15, 0.2) is 13.2 Å². The Hall–Kier alpha value is -1.99. The number of amides is 3. The van der Waals surface area contributed by atoms with Crippen molar-refractivity contribution in [1.29, 1.82) is 0 Å². The molecule has 3 rings (SSSR count). The van der Waals surface area contributed by atoms with Crippen molar-refractivity contribution < 1.29 is 23.9 Å². The second kappa shape index (κ2) is 6.86. The van der Waals surface area contributed by atoms with Gasteiger partial charge < -0.3 is 14.4 Å². The Morgan fingerprint density at radius 1 is 1.33 bits per heavy atom. The number of carbonyl (C=O) groups is 3. The molecule has 0 bridgehead atoms. The summed E-state index contributed by atoms with van der Waals surface area (Å²) < 4.78 is 10.1. The van der Waals surface area contributed by atoms with Crippen LogP contribution in [0.2, 0.25) is 10.0 Å². The number of carbonyl (C=O) groups excluding carboxylic acids is 3. The number of rotatable bonds is 4. The summed E-state index contributed by atoms with van der Waals surface area (Å²) in [6, 6.07) is 4.38. The largest absolute Gasteiger partial charge is 0.482 e. The van der Waals surface area contributed by atoms with E-state index in [1.807, 2.05) is 0 Å². The molecule has 1 aromatic carbocycles. The van der Waals surface area contributed by atoms with Crippen LogP contribution >= 0.6 is 23.2 Å². The molecule has 1 atom stereocenters. The molecule has 2 aliphatic rings. The van der Waals surface area contributed by atoms with E-state index < -0.39 is 6.09 Å². The first-order chi connectivity index (χ1) is 11.5. The predicted octanol–water partition coefficient (Wildman–Crippen LogP) is 1.95. The number of halogens is 2. The van der Waals surface area contributed by atoms with Gasteiger partial charge in [-0.15, -0.1) is 0 Å². The Kier molecular flexibility index (Phi) is 4.82. The molecule has 0 spiro atoms. The number of benzene rings is 1. The minimum atomic E-state index is -0.650. The molecule has 0 aliphatic carbocycles. The van der Waals surface area contributed by atoms with Gasteiger partial charge in [-0.05, 0) is 24.6 Å². The van der Waals surface area contributed by atoms with Crippen molar-refractivity contribution in [3.63, 3.8) is 0 Å². The lowest BCUT2D eigenvalue weighted by Gasteiger charge is -2.20. The van der Waals surface area contributed by atoms with Crippen molar-refractivity contribution in [3.8, 4) is 5.75 Å². The van der Waals surface area contributed by atoms with Gasteiger partial charge in [0, 0.05) is 18.1 Å². The molecule has 0 aromatic heterocycles. The predicted molar refractivity (Wildman–Crippen MR) is 85.1 cm³/mol. The van der Waals surface area contributed by atoms with Crippen LogP contribution in [0.15, 0.2) is 18.2 Å². The molecule has 1 aromatic rings. The highest BCUT2D eigenvalue weighted by atomic mass is 35.5. The molecule has 24 heavy (non-hydrogen) atoms. The maximum atomic E-state index is 12.2. The van der Waals surface area contributed by atoms with Gasteiger partial charge in [-0.2, -0.15) is 0 Å². The number of likely N-dealkylation sites (tertiary alicyclic amines) is 1. The molecule has 128 valence electrons. The van der Waals surface area contributed by atoms with Crippen molar-refractivity contribution in [2.75, 3.05) is 26.3 Å². The average molecular weight is 373 g/mol. The number of hydrogen-bond donors (Lipinski definition) is 0. The number of cyclic esters (lactones) is 1. The Labute approximate surface area is 148 Å². The van der Waals surface area contributed by atoms with Crippen molar-refractivity contribution in [2.45, 2.75) is 12.5 Å². The molecule has 2 aliphatic heterocycles. The van der Waals surface area contributed by atoms with Crippen LogP contribution in [0.1, 0.15) is 6.42 Å². The third kappa shape index (κ3) is 3.42. The Morgan fingerprint density at radius 3 is 2.79 bits per heavy atom. The quantitative estimate of drug-likeness (QED) is 0.807. The van der Waals surface area contributed by atoms with E-state index >= 15 is 0 Å². The van der Waals surface area contributed by atoms with E-state index in [9.17, 15) is 14.4 Å². The van der Waals surface area contributed by atoms with E-state index in [0.717, 1.165) is 4.90 Å². The van der Waals surface area contributed by atoms with Gasteiger partial charge in [-0.25, -0.2) is 9.69 Å². The van der Waals surface area contributed by atoms with E-state index in [-0.39, 0.29) is 37.6 Å². The van der Waals surface area contributed by atoms with Crippen LogP contribution in [0.5, 0.6) is 5.75 Å². The fourth-order valence-corrected chi connectivity index (χ4v) is 3.18. The van der Waals surface area contributed by atoms with Gasteiger partial charge in [0.1, 0.15) is 5.75 Å². The zero-order valence-electron chi connectivity index (χ0n) is 12.5. The summed E-state index contributed by atoms with van der Waals surface area (Å²) in [6.45, 7) is 0.295. The van der Waals surface area contributed by atoms with Crippen LogP contribution in [-0.2, 0) is 14.3 Å². The van der Waals surface area contributed by atoms with Crippen LogP contribution in [0.4, 0.5) is 4.79 Å². The van der Waals surface area contributed by atoms with Gasteiger partial charge in [0.25, 0.3) is 11.8 Å². The van der Waals surface area contributed by atoms with Crippen molar-refractivity contribution >= 4 is 41.1 Å². The first-order valence-electron chi connectivity index (χ1n) is 7.30. The SMILES string of the molecule is O=C(COc1ccc(Cl)cc1Cl)N1CCC(N2C(=O)COC2=O)C1. The normalized spacial score (nSPS) is 20.5. The lowest BCUT2D eigenvalue weighted by atomic mass is 10.2. The van der Waals surface area contributed by atoms with Gasteiger partial charge in [0.05, 0.1) is 11.1 Å². The number of ether oxygens (including phenoxy) is 2. The van der Waals surface area contributed by atoms with Gasteiger partial charge >= 0.3 is 6.09 Å². The maximum absolute atomic E-state index is 12.2. The third-order valence-electron chi connectivity index (χ3n) is 3.91. The molecule has 2 saturated heterocycles. The van der Waals surface area contributed by atoms with Crippen LogP contribution in [0, 0.1) is 0 Å². The standard InChI is InChI=1S/C15H14Cl2N2O5/c16-9-1-2-12(11(17)5-9)23-7-13(20)18-4-3-10(6-18)19-14(21)8-24-15(19)22/h1-2,5,10H,3-4,6-8H2. The molecule has 1 unspecified atom stereocenters. The van der Waals surface area contributed by atoms with Gasteiger partial charge in [0.2, 0.25) is 0 Å². The Morgan fingerprint density at radius 2 is 2.12 bits per heavy atom. The van der Waals surface area contributed by atoms with Gasteiger partial charge in [-0.1, -0.05) is 23.2 Å². The first kappa shape index (κ1) is 16.9. The molecule has 9 heteroatoms. The highest BCUT2D eigenvalue weighted by Crippen LogP contribution is 2.27. The summed E-state index contributed by atoms with van der Waals surface area (Å²) in [5.74, 6) is -0.254. The molecule has 3 amide bonds. The second-order valence-electron chi connectivity index (χ2n) is 5.46. The zero-order valence-corrected chi connectivity index (χ0v) is 14.0.